The van der Waals surface area contributed by atoms with Gasteiger partial charge >= 0.3 is 0 Å². The summed E-state index contributed by atoms with van der Waals surface area (Å²) in [6, 6.07) is 2.52. The second kappa shape index (κ2) is 6.74. The Morgan fingerprint density at radius 1 is 1.65 bits per heavy atom. The highest BCUT2D eigenvalue weighted by atomic mass is 16.4. The van der Waals surface area contributed by atoms with Crippen molar-refractivity contribution >= 4 is 5.84 Å². The van der Waals surface area contributed by atoms with Crippen molar-refractivity contribution in [1.29, 1.82) is 0 Å². The van der Waals surface area contributed by atoms with Gasteiger partial charge in [0.2, 0.25) is 0 Å². The van der Waals surface area contributed by atoms with Crippen molar-refractivity contribution < 1.29 is 5.21 Å². The predicted octanol–water partition coefficient (Wildman–Crippen LogP) is 1.81. The van der Waals surface area contributed by atoms with Crippen LogP contribution < -0.4 is 5.73 Å². The first-order chi connectivity index (χ1) is 9.63. The SMILES string of the molecule is CCC(C)n1ccc(CN2CCCC(C(N)=NO)C2)n1. The minimum atomic E-state index is 0.158. The Kier molecular flexibility index (Phi) is 5.00. The van der Waals surface area contributed by atoms with Crippen LogP contribution in [0.25, 0.3) is 0 Å². The lowest BCUT2D eigenvalue weighted by molar-refractivity contribution is 0.190. The molecule has 112 valence electrons. The minimum Gasteiger partial charge on any atom is -0.409 e. The van der Waals surface area contributed by atoms with Gasteiger partial charge in [0.15, 0.2) is 0 Å². The van der Waals surface area contributed by atoms with Crippen LogP contribution in [0.1, 0.15) is 44.8 Å². The maximum atomic E-state index is 8.78. The number of nitrogens with two attached hydrogens (primary N) is 1. The summed E-state index contributed by atoms with van der Waals surface area (Å²) in [5, 5.41) is 16.6. The predicted molar refractivity (Wildman–Crippen MR) is 78.6 cm³/mol. The quantitative estimate of drug-likeness (QED) is 0.373. The van der Waals surface area contributed by atoms with E-state index < -0.39 is 0 Å². The van der Waals surface area contributed by atoms with Crippen molar-refractivity contribution in [3.63, 3.8) is 0 Å². The summed E-state index contributed by atoms with van der Waals surface area (Å²) in [4.78, 5) is 2.33. The highest BCUT2D eigenvalue weighted by molar-refractivity contribution is 5.82. The molecule has 6 heteroatoms. The van der Waals surface area contributed by atoms with Crippen molar-refractivity contribution in [2.45, 2.75) is 45.7 Å². The zero-order valence-corrected chi connectivity index (χ0v) is 12.4. The van der Waals surface area contributed by atoms with E-state index >= 15 is 0 Å². The Labute approximate surface area is 120 Å². The monoisotopic (exact) mass is 279 g/mol. The number of amidine groups is 1. The van der Waals surface area contributed by atoms with Crippen LogP contribution in [-0.4, -0.2) is 38.8 Å². The molecule has 2 atom stereocenters. The average molecular weight is 279 g/mol. The highest BCUT2D eigenvalue weighted by Crippen LogP contribution is 2.19. The Hall–Kier alpha value is -1.56. The van der Waals surface area contributed by atoms with Crippen molar-refractivity contribution in [2.24, 2.45) is 16.8 Å². The lowest BCUT2D eigenvalue weighted by Crippen LogP contribution is -2.40. The molecule has 0 bridgehead atoms. The third-order valence-electron chi connectivity index (χ3n) is 4.13. The molecule has 6 nitrogen and oxygen atoms in total. The van der Waals surface area contributed by atoms with Crippen LogP contribution in [0.2, 0.25) is 0 Å². The van der Waals surface area contributed by atoms with Gasteiger partial charge < -0.3 is 10.9 Å². The summed E-state index contributed by atoms with van der Waals surface area (Å²) in [7, 11) is 0. The van der Waals surface area contributed by atoms with Crippen LogP contribution in [0.4, 0.5) is 0 Å². The first-order valence-electron chi connectivity index (χ1n) is 7.37. The van der Waals surface area contributed by atoms with E-state index in [1.54, 1.807) is 0 Å². The van der Waals surface area contributed by atoms with E-state index in [4.69, 9.17) is 10.9 Å². The number of hydrogen-bond acceptors (Lipinski definition) is 4. The summed E-state index contributed by atoms with van der Waals surface area (Å²) in [5.74, 6) is 0.505. The topological polar surface area (TPSA) is 79.7 Å². The first kappa shape index (κ1) is 14.8. The van der Waals surface area contributed by atoms with Gasteiger partial charge in [-0.2, -0.15) is 5.10 Å². The molecule has 20 heavy (non-hydrogen) atoms. The van der Waals surface area contributed by atoms with E-state index in [9.17, 15) is 0 Å². The van der Waals surface area contributed by atoms with Gasteiger partial charge in [-0.25, -0.2) is 0 Å². The van der Waals surface area contributed by atoms with Crippen LogP contribution >= 0.6 is 0 Å². The number of likely N-dealkylation sites (tertiary alicyclic amines) is 1. The van der Waals surface area contributed by atoms with E-state index in [0.717, 1.165) is 44.6 Å². The minimum absolute atomic E-state index is 0.158. The van der Waals surface area contributed by atoms with E-state index in [-0.39, 0.29) is 5.92 Å². The van der Waals surface area contributed by atoms with Gasteiger partial charge in [-0.05, 0) is 38.8 Å². The van der Waals surface area contributed by atoms with E-state index in [0.29, 0.717) is 11.9 Å². The van der Waals surface area contributed by atoms with Crippen molar-refractivity contribution in [3.05, 3.63) is 18.0 Å². The summed E-state index contributed by atoms with van der Waals surface area (Å²) in [5.41, 5.74) is 6.81. The van der Waals surface area contributed by atoms with E-state index in [1.807, 2.05) is 4.68 Å². The van der Waals surface area contributed by atoms with Gasteiger partial charge in [-0.3, -0.25) is 9.58 Å². The normalized spacial score (nSPS) is 22.9. The lowest BCUT2D eigenvalue weighted by Gasteiger charge is -2.31. The molecule has 0 saturated carbocycles. The van der Waals surface area contributed by atoms with Crippen molar-refractivity contribution in [3.8, 4) is 0 Å². The summed E-state index contributed by atoms with van der Waals surface area (Å²) < 4.78 is 2.03. The fourth-order valence-electron chi connectivity index (χ4n) is 2.65. The number of oxime groups is 1. The molecule has 2 unspecified atom stereocenters. The molecule has 1 aliphatic heterocycles. The summed E-state index contributed by atoms with van der Waals surface area (Å²) >= 11 is 0. The van der Waals surface area contributed by atoms with Crippen LogP contribution in [0.15, 0.2) is 17.4 Å². The zero-order chi connectivity index (χ0) is 14.5. The maximum absolute atomic E-state index is 8.78. The first-order valence-corrected chi connectivity index (χ1v) is 7.37. The summed E-state index contributed by atoms with van der Waals surface area (Å²) in [6.45, 7) is 7.06. The van der Waals surface area contributed by atoms with E-state index in [1.165, 1.54) is 0 Å². The molecule has 1 fully saturated rings. The standard InChI is InChI=1S/C14H25N5O/c1-3-11(2)19-8-6-13(16-19)10-18-7-4-5-12(9-18)14(15)17-20/h6,8,11-12,20H,3-5,7,9-10H2,1-2H3,(H2,15,17). The van der Waals surface area contributed by atoms with Crippen molar-refractivity contribution in [1.82, 2.24) is 14.7 Å². The Morgan fingerprint density at radius 2 is 2.45 bits per heavy atom. The molecule has 3 N–H and O–H groups in total. The van der Waals surface area contributed by atoms with Crippen LogP contribution in [0, 0.1) is 5.92 Å². The smallest absolute Gasteiger partial charge is 0.143 e. The molecule has 0 amide bonds. The van der Waals surface area contributed by atoms with Crippen LogP contribution in [0.3, 0.4) is 0 Å². The fourth-order valence-corrected chi connectivity index (χ4v) is 2.65. The molecule has 1 aromatic heterocycles. The second-order valence-corrected chi connectivity index (χ2v) is 5.64. The lowest BCUT2D eigenvalue weighted by atomic mass is 9.97. The van der Waals surface area contributed by atoms with Gasteiger partial charge in [0.05, 0.1) is 5.69 Å². The second-order valence-electron chi connectivity index (χ2n) is 5.64. The Morgan fingerprint density at radius 3 is 3.15 bits per heavy atom. The molecule has 0 aromatic carbocycles. The molecule has 0 radical (unpaired) electrons. The Bertz CT molecular complexity index is 456. The van der Waals surface area contributed by atoms with Gasteiger partial charge in [0.25, 0.3) is 0 Å². The molecule has 1 aromatic rings. The molecule has 2 heterocycles. The zero-order valence-electron chi connectivity index (χ0n) is 12.4. The Balaban J connectivity index is 1.94. The molecule has 1 saturated heterocycles. The molecular formula is C14H25N5O. The number of hydrogen-bond donors (Lipinski definition) is 2. The molecule has 0 aliphatic carbocycles. The largest absolute Gasteiger partial charge is 0.409 e. The number of aromatic nitrogens is 2. The average Bonchev–Trinajstić information content (AvgIpc) is 2.94. The molecule has 2 rings (SSSR count). The number of nitrogens with zero attached hydrogens (tertiary/aromatic N) is 4. The third-order valence-corrected chi connectivity index (χ3v) is 4.13. The van der Waals surface area contributed by atoms with E-state index in [2.05, 4.69) is 41.3 Å². The van der Waals surface area contributed by atoms with Gasteiger partial charge in [0.1, 0.15) is 5.84 Å². The molecule has 0 spiro atoms. The number of rotatable bonds is 5. The molecular weight excluding hydrogens is 254 g/mol. The maximum Gasteiger partial charge on any atom is 0.143 e. The van der Waals surface area contributed by atoms with Gasteiger partial charge in [-0.1, -0.05) is 12.1 Å². The van der Waals surface area contributed by atoms with Gasteiger partial charge in [-0.15, -0.1) is 0 Å². The third kappa shape index (κ3) is 3.50. The van der Waals surface area contributed by atoms with Gasteiger partial charge in [0, 0.05) is 31.2 Å². The fraction of sp³-hybridized carbons (Fsp3) is 0.714. The summed E-state index contributed by atoms with van der Waals surface area (Å²) in [6.07, 6.45) is 5.20. The van der Waals surface area contributed by atoms with Crippen LogP contribution in [-0.2, 0) is 6.54 Å². The highest BCUT2D eigenvalue weighted by Gasteiger charge is 2.23. The number of piperidine rings is 1. The van der Waals surface area contributed by atoms with Crippen LogP contribution in [0.5, 0.6) is 0 Å². The molecule has 1 aliphatic rings. The van der Waals surface area contributed by atoms with Crippen molar-refractivity contribution in [2.75, 3.05) is 13.1 Å².